The van der Waals surface area contributed by atoms with E-state index in [1.165, 1.54) is 0 Å². The molecule has 2 atom stereocenters. The number of fused-ring (bicyclic) bond motifs is 1. The Balaban J connectivity index is 2.68. The highest BCUT2D eigenvalue weighted by Gasteiger charge is 2.20. The van der Waals surface area contributed by atoms with Gasteiger partial charge < -0.3 is 5.11 Å². The monoisotopic (exact) mass is 326 g/mol. The third-order valence-electron chi connectivity index (χ3n) is 3.89. The van der Waals surface area contributed by atoms with E-state index in [9.17, 15) is 9.90 Å². The first-order valence-corrected chi connectivity index (χ1v) is 7.20. The predicted octanol–water partition coefficient (Wildman–Crippen LogP) is 2.72. The molecule has 19 heavy (non-hydrogen) atoms. The maximum Gasteiger partial charge on any atom is 0.328 e. The maximum absolute atomic E-state index is 11.9. The molecule has 5 heteroatoms. The number of nitrogens with zero attached hydrogens (tertiary/aromatic N) is 2. The highest BCUT2D eigenvalue weighted by molar-refractivity contribution is 9.10. The number of aromatic nitrogens is 2. The number of rotatable bonds is 3. The van der Waals surface area contributed by atoms with E-state index in [2.05, 4.69) is 22.9 Å². The third kappa shape index (κ3) is 2.25. The molecule has 0 aliphatic rings. The van der Waals surface area contributed by atoms with E-state index in [0.717, 1.165) is 27.5 Å². The molecule has 1 aromatic carbocycles. The van der Waals surface area contributed by atoms with Crippen molar-refractivity contribution in [1.82, 2.24) is 9.13 Å². The Labute approximate surface area is 120 Å². The predicted molar refractivity (Wildman–Crippen MR) is 80.3 cm³/mol. The van der Waals surface area contributed by atoms with Crippen molar-refractivity contribution in [3.8, 4) is 0 Å². The van der Waals surface area contributed by atoms with Crippen LogP contribution in [0, 0.1) is 5.92 Å². The second-order valence-corrected chi connectivity index (χ2v) is 5.95. The van der Waals surface area contributed by atoms with Gasteiger partial charge in [0.05, 0.1) is 17.1 Å². The first-order valence-electron chi connectivity index (χ1n) is 6.41. The molecule has 1 N–H and O–H groups in total. The Morgan fingerprint density at radius 1 is 1.26 bits per heavy atom. The molecule has 104 valence electrons. The normalized spacial score (nSPS) is 14.8. The number of aliphatic hydroxyl groups is 1. The van der Waals surface area contributed by atoms with Crippen molar-refractivity contribution < 1.29 is 5.11 Å². The van der Waals surface area contributed by atoms with Gasteiger partial charge in [0.25, 0.3) is 0 Å². The first-order chi connectivity index (χ1) is 8.88. The van der Waals surface area contributed by atoms with Gasteiger partial charge in [0.15, 0.2) is 0 Å². The molecule has 2 unspecified atom stereocenters. The lowest BCUT2D eigenvalue weighted by Gasteiger charge is -2.19. The molecule has 0 fully saturated rings. The summed E-state index contributed by atoms with van der Waals surface area (Å²) < 4.78 is 4.06. The van der Waals surface area contributed by atoms with Gasteiger partial charge in [-0.05, 0) is 23.6 Å². The van der Waals surface area contributed by atoms with Crippen LogP contribution in [-0.2, 0) is 14.1 Å². The smallest absolute Gasteiger partial charge is 0.328 e. The van der Waals surface area contributed by atoms with Gasteiger partial charge in [-0.1, -0.05) is 36.2 Å². The molecular weight excluding hydrogens is 308 g/mol. The Morgan fingerprint density at radius 2 is 1.79 bits per heavy atom. The van der Waals surface area contributed by atoms with Crippen molar-refractivity contribution in [2.24, 2.45) is 20.0 Å². The second-order valence-electron chi connectivity index (χ2n) is 5.09. The van der Waals surface area contributed by atoms with Gasteiger partial charge in [-0.15, -0.1) is 0 Å². The minimum Gasteiger partial charge on any atom is -0.388 e. The summed E-state index contributed by atoms with van der Waals surface area (Å²) in [4.78, 5) is 11.9. The topological polar surface area (TPSA) is 47.2 Å². The van der Waals surface area contributed by atoms with E-state index in [0.29, 0.717) is 0 Å². The minimum absolute atomic E-state index is 0.0583. The van der Waals surface area contributed by atoms with E-state index in [-0.39, 0.29) is 11.6 Å². The van der Waals surface area contributed by atoms with Crippen LogP contribution in [0.15, 0.2) is 21.4 Å². The highest BCUT2D eigenvalue weighted by atomic mass is 79.9. The summed E-state index contributed by atoms with van der Waals surface area (Å²) >= 11 is 3.50. The van der Waals surface area contributed by atoms with Gasteiger partial charge in [-0.3, -0.25) is 9.13 Å². The molecule has 0 aliphatic heterocycles. The van der Waals surface area contributed by atoms with E-state index in [4.69, 9.17) is 0 Å². The molecule has 0 bridgehead atoms. The van der Waals surface area contributed by atoms with Gasteiger partial charge in [0.2, 0.25) is 0 Å². The number of halogens is 1. The summed E-state index contributed by atoms with van der Waals surface area (Å²) in [6.07, 6.45) is 0.374. The summed E-state index contributed by atoms with van der Waals surface area (Å²) in [5.74, 6) is 0.175. The van der Waals surface area contributed by atoms with Crippen LogP contribution in [0.25, 0.3) is 11.0 Å². The van der Waals surface area contributed by atoms with Crippen molar-refractivity contribution in [3.63, 3.8) is 0 Å². The first kappa shape index (κ1) is 14.3. The van der Waals surface area contributed by atoms with Crippen LogP contribution in [0.2, 0.25) is 0 Å². The number of hydrogen-bond donors (Lipinski definition) is 1. The summed E-state index contributed by atoms with van der Waals surface area (Å²) in [5, 5.41) is 10.4. The fraction of sp³-hybridized carbons (Fsp3) is 0.500. The number of aryl methyl sites for hydroxylation is 2. The number of imidazole rings is 1. The SMILES string of the molecule is CCC(C)C(O)c1cc2c(cc1Br)n(C)c(=O)n2C. The zero-order valence-corrected chi connectivity index (χ0v) is 13.2. The fourth-order valence-corrected chi connectivity index (χ4v) is 2.86. The second kappa shape index (κ2) is 5.13. The summed E-state index contributed by atoms with van der Waals surface area (Å²) in [7, 11) is 3.50. The van der Waals surface area contributed by atoms with Gasteiger partial charge in [-0.25, -0.2) is 4.79 Å². The van der Waals surface area contributed by atoms with Gasteiger partial charge in [-0.2, -0.15) is 0 Å². The zero-order valence-electron chi connectivity index (χ0n) is 11.6. The third-order valence-corrected chi connectivity index (χ3v) is 4.58. The van der Waals surface area contributed by atoms with Crippen LogP contribution in [0.4, 0.5) is 0 Å². The van der Waals surface area contributed by atoms with Crippen LogP contribution in [-0.4, -0.2) is 14.2 Å². The standard InChI is InChI=1S/C14H19BrN2O2/c1-5-8(2)13(18)9-6-11-12(7-10(9)15)17(4)14(19)16(11)3/h6-8,13,18H,5H2,1-4H3. The number of aliphatic hydroxyl groups excluding tert-OH is 1. The molecule has 0 amide bonds. The molecular formula is C14H19BrN2O2. The summed E-state index contributed by atoms with van der Waals surface area (Å²) in [6.45, 7) is 4.07. The van der Waals surface area contributed by atoms with Crippen LogP contribution in [0.5, 0.6) is 0 Å². The highest BCUT2D eigenvalue weighted by Crippen LogP contribution is 2.32. The molecule has 2 rings (SSSR count). The Kier molecular flexibility index (Phi) is 3.87. The van der Waals surface area contributed by atoms with Gasteiger partial charge in [0, 0.05) is 18.6 Å². The Hall–Kier alpha value is -1.07. The largest absolute Gasteiger partial charge is 0.388 e. The molecule has 1 heterocycles. The lowest BCUT2D eigenvalue weighted by atomic mass is 9.95. The van der Waals surface area contributed by atoms with E-state index >= 15 is 0 Å². The molecule has 4 nitrogen and oxygen atoms in total. The molecule has 0 spiro atoms. The van der Waals surface area contributed by atoms with E-state index in [1.807, 2.05) is 19.1 Å². The van der Waals surface area contributed by atoms with Crippen molar-refractivity contribution in [2.75, 3.05) is 0 Å². The average Bonchev–Trinajstić information content (AvgIpc) is 2.61. The fourth-order valence-electron chi connectivity index (χ4n) is 2.29. The lowest BCUT2D eigenvalue weighted by molar-refractivity contribution is 0.115. The van der Waals surface area contributed by atoms with Crippen molar-refractivity contribution in [3.05, 3.63) is 32.7 Å². The molecule has 0 saturated heterocycles. The Bertz CT molecular complexity index is 672. The average molecular weight is 327 g/mol. The van der Waals surface area contributed by atoms with Crippen LogP contribution >= 0.6 is 15.9 Å². The maximum atomic E-state index is 11.9. The van der Waals surface area contributed by atoms with Crippen molar-refractivity contribution in [2.45, 2.75) is 26.4 Å². The molecule has 0 saturated carbocycles. The molecule has 0 radical (unpaired) electrons. The van der Waals surface area contributed by atoms with Gasteiger partial charge >= 0.3 is 5.69 Å². The molecule has 1 aromatic heterocycles. The lowest BCUT2D eigenvalue weighted by Crippen LogP contribution is -2.19. The summed E-state index contributed by atoms with van der Waals surface area (Å²) in [6, 6.07) is 3.80. The number of benzene rings is 1. The van der Waals surface area contributed by atoms with Gasteiger partial charge in [0.1, 0.15) is 0 Å². The summed E-state index contributed by atoms with van der Waals surface area (Å²) in [5.41, 5.74) is 2.48. The zero-order chi connectivity index (χ0) is 14.3. The van der Waals surface area contributed by atoms with Crippen LogP contribution in [0.1, 0.15) is 31.9 Å². The van der Waals surface area contributed by atoms with Crippen LogP contribution in [0.3, 0.4) is 0 Å². The van der Waals surface area contributed by atoms with Crippen molar-refractivity contribution in [1.29, 1.82) is 0 Å². The minimum atomic E-state index is -0.529. The van der Waals surface area contributed by atoms with Crippen molar-refractivity contribution >= 4 is 27.0 Å². The molecule has 2 aromatic rings. The number of hydrogen-bond acceptors (Lipinski definition) is 2. The van der Waals surface area contributed by atoms with E-state index in [1.54, 1.807) is 23.2 Å². The van der Waals surface area contributed by atoms with Crippen LogP contribution < -0.4 is 5.69 Å². The Morgan fingerprint density at radius 3 is 2.32 bits per heavy atom. The molecule has 0 aliphatic carbocycles. The van der Waals surface area contributed by atoms with E-state index < -0.39 is 6.10 Å². The quantitative estimate of drug-likeness (QED) is 0.942.